The smallest absolute Gasteiger partial charge is 0.256 e. The molecule has 7 nitrogen and oxygen atoms in total. The van der Waals surface area contributed by atoms with E-state index in [4.69, 9.17) is 16.1 Å². The van der Waals surface area contributed by atoms with Crippen molar-refractivity contribution in [3.8, 4) is 11.4 Å². The Morgan fingerprint density at radius 3 is 2.79 bits per heavy atom. The van der Waals surface area contributed by atoms with Gasteiger partial charge < -0.3 is 9.84 Å². The molecule has 2 aromatic heterocycles. The second kappa shape index (κ2) is 6.84. The first kappa shape index (κ1) is 16.2. The number of nitrogens with zero attached hydrogens (tertiary/aromatic N) is 4. The Balaban J connectivity index is 1.63. The number of rotatable bonds is 5. The Morgan fingerprint density at radius 2 is 2.12 bits per heavy atom. The van der Waals surface area contributed by atoms with E-state index in [1.54, 1.807) is 7.05 Å². The zero-order valence-corrected chi connectivity index (χ0v) is 14.0. The van der Waals surface area contributed by atoms with Crippen LogP contribution in [0.2, 0.25) is 5.15 Å². The number of carbonyl (C=O) groups is 1. The van der Waals surface area contributed by atoms with Crippen molar-refractivity contribution < 1.29 is 9.32 Å². The molecular weight excluding hydrogens is 330 g/mol. The molecule has 124 valence electrons. The second-order valence-electron chi connectivity index (χ2n) is 5.43. The topological polar surface area (TPSA) is 85.8 Å². The molecule has 0 saturated carbocycles. The molecule has 0 aliphatic rings. The van der Waals surface area contributed by atoms with Gasteiger partial charge in [-0.05, 0) is 6.92 Å². The molecule has 1 atom stereocenters. The number of nitrogens with one attached hydrogen (secondary N) is 1. The summed E-state index contributed by atoms with van der Waals surface area (Å²) in [7, 11) is 1.67. The Hall–Kier alpha value is -2.67. The van der Waals surface area contributed by atoms with E-state index in [1.807, 2.05) is 37.3 Å². The van der Waals surface area contributed by atoms with Gasteiger partial charge >= 0.3 is 0 Å². The molecule has 0 aliphatic heterocycles. The molecule has 0 fully saturated rings. The van der Waals surface area contributed by atoms with Crippen molar-refractivity contribution in [3.05, 3.63) is 53.1 Å². The van der Waals surface area contributed by atoms with Gasteiger partial charge in [0.05, 0.1) is 11.8 Å². The first-order valence-electron chi connectivity index (χ1n) is 7.41. The van der Waals surface area contributed by atoms with Crippen LogP contribution in [0.25, 0.3) is 11.4 Å². The van der Waals surface area contributed by atoms with Gasteiger partial charge in [-0.2, -0.15) is 10.1 Å². The predicted octanol–water partition coefficient (Wildman–Crippen LogP) is 2.48. The van der Waals surface area contributed by atoms with Crippen molar-refractivity contribution in [3.63, 3.8) is 0 Å². The van der Waals surface area contributed by atoms with Crippen molar-refractivity contribution in [2.75, 3.05) is 0 Å². The highest BCUT2D eigenvalue weighted by Crippen LogP contribution is 2.16. The third-order valence-corrected chi connectivity index (χ3v) is 3.92. The normalized spacial score (nSPS) is 12.1. The Labute approximate surface area is 143 Å². The van der Waals surface area contributed by atoms with Crippen LogP contribution in [0.5, 0.6) is 0 Å². The molecule has 0 aliphatic carbocycles. The van der Waals surface area contributed by atoms with E-state index < -0.39 is 0 Å². The average Bonchev–Trinajstić information content (AvgIpc) is 3.16. The molecule has 0 spiro atoms. The SMILES string of the molecule is CC(Cc1nc(-c2ccccc2)no1)NC(=O)c1cnn(C)c1Cl. The molecule has 1 aromatic carbocycles. The number of carbonyl (C=O) groups excluding carboxylic acids is 1. The first-order valence-corrected chi connectivity index (χ1v) is 7.78. The fraction of sp³-hybridized carbons (Fsp3) is 0.250. The van der Waals surface area contributed by atoms with Crippen molar-refractivity contribution in [2.45, 2.75) is 19.4 Å². The largest absolute Gasteiger partial charge is 0.349 e. The summed E-state index contributed by atoms with van der Waals surface area (Å²) in [6, 6.07) is 9.36. The van der Waals surface area contributed by atoms with Crippen LogP contribution in [0.1, 0.15) is 23.2 Å². The lowest BCUT2D eigenvalue weighted by molar-refractivity contribution is 0.0939. The number of hydrogen-bond donors (Lipinski definition) is 1. The Morgan fingerprint density at radius 1 is 1.38 bits per heavy atom. The maximum atomic E-state index is 12.2. The highest BCUT2D eigenvalue weighted by Gasteiger charge is 2.18. The molecule has 0 bridgehead atoms. The number of benzene rings is 1. The number of amides is 1. The predicted molar refractivity (Wildman–Crippen MR) is 88.6 cm³/mol. The van der Waals surface area contributed by atoms with Crippen molar-refractivity contribution in [1.82, 2.24) is 25.2 Å². The summed E-state index contributed by atoms with van der Waals surface area (Å²) < 4.78 is 6.69. The van der Waals surface area contributed by atoms with Gasteiger partial charge in [-0.3, -0.25) is 9.48 Å². The molecule has 1 N–H and O–H groups in total. The average molecular weight is 346 g/mol. The third kappa shape index (κ3) is 3.46. The fourth-order valence-electron chi connectivity index (χ4n) is 2.23. The van der Waals surface area contributed by atoms with Crippen LogP contribution in [0, 0.1) is 0 Å². The lowest BCUT2D eigenvalue weighted by Gasteiger charge is -2.10. The minimum Gasteiger partial charge on any atom is -0.349 e. The third-order valence-electron chi connectivity index (χ3n) is 3.47. The molecule has 8 heteroatoms. The van der Waals surface area contributed by atoms with Gasteiger partial charge in [-0.25, -0.2) is 0 Å². The van der Waals surface area contributed by atoms with Crippen LogP contribution in [-0.4, -0.2) is 31.9 Å². The summed E-state index contributed by atoms with van der Waals surface area (Å²) in [5.74, 6) is 0.696. The van der Waals surface area contributed by atoms with Gasteiger partial charge in [0.25, 0.3) is 5.91 Å². The summed E-state index contributed by atoms with van der Waals surface area (Å²) in [4.78, 5) is 16.5. The number of hydrogen-bond acceptors (Lipinski definition) is 5. The number of aromatic nitrogens is 4. The van der Waals surface area contributed by atoms with Gasteiger partial charge in [0.15, 0.2) is 0 Å². The fourth-order valence-corrected chi connectivity index (χ4v) is 2.41. The van der Waals surface area contributed by atoms with E-state index in [0.29, 0.717) is 28.9 Å². The summed E-state index contributed by atoms with van der Waals surface area (Å²) in [5, 5.41) is 11.0. The zero-order valence-electron chi connectivity index (χ0n) is 13.2. The zero-order chi connectivity index (χ0) is 17.1. The summed E-state index contributed by atoms with van der Waals surface area (Å²) in [6.07, 6.45) is 1.86. The van der Waals surface area contributed by atoms with Crippen LogP contribution < -0.4 is 5.32 Å². The van der Waals surface area contributed by atoms with Crippen LogP contribution in [-0.2, 0) is 13.5 Å². The first-order chi connectivity index (χ1) is 11.5. The summed E-state index contributed by atoms with van der Waals surface area (Å²) >= 11 is 6.02. The molecule has 0 saturated heterocycles. The van der Waals surface area contributed by atoms with E-state index in [0.717, 1.165) is 5.56 Å². The quantitative estimate of drug-likeness (QED) is 0.767. The molecule has 0 radical (unpaired) electrons. The minimum absolute atomic E-state index is 0.196. The van der Waals surface area contributed by atoms with E-state index in [2.05, 4.69) is 20.6 Å². The number of halogens is 1. The van der Waals surface area contributed by atoms with Crippen LogP contribution in [0.15, 0.2) is 41.1 Å². The van der Waals surface area contributed by atoms with Crippen LogP contribution in [0.3, 0.4) is 0 Å². The van der Waals surface area contributed by atoms with Gasteiger partial charge in [-0.1, -0.05) is 47.1 Å². The maximum Gasteiger partial charge on any atom is 0.256 e. The minimum atomic E-state index is -0.289. The van der Waals surface area contributed by atoms with Crippen molar-refractivity contribution in [1.29, 1.82) is 0 Å². The monoisotopic (exact) mass is 345 g/mol. The molecule has 24 heavy (non-hydrogen) atoms. The van der Waals surface area contributed by atoms with E-state index in [1.165, 1.54) is 10.9 Å². The van der Waals surface area contributed by atoms with Crippen molar-refractivity contribution in [2.24, 2.45) is 7.05 Å². The lowest BCUT2D eigenvalue weighted by Crippen LogP contribution is -2.34. The Kier molecular flexibility index (Phi) is 4.61. The van der Waals surface area contributed by atoms with Gasteiger partial charge in [0.2, 0.25) is 11.7 Å². The Bertz CT molecular complexity index is 843. The highest BCUT2D eigenvalue weighted by atomic mass is 35.5. The highest BCUT2D eigenvalue weighted by molar-refractivity contribution is 6.32. The maximum absolute atomic E-state index is 12.2. The molecule has 3 aromatic rings. The summed E-state index contributed by atoms with van der Waals surface area (Å²) in [5.41, 5.74) is 1.22. The van der Waals surface area contributed by atoms with E-state index in [-0.39, 0.29) is 11.9 Å². The van der Waals surface area contributed by atoms with Crippen molar-refractivity contribution >= 4 is 17.5 Å². The summed E-state index contributed by atoms with van der Waals surface area (Å²) in [6.45, 7) is 1.86. The molecule has 3 rings (SSSR count). The van der Waals surface area contributed by atoms with E-state index >= 15 is 0 Å². The standard InChI is InChI=1S/C16H16ClN5O2/c1-10(19-16(23)12-9-18-22(2)14(12)17)8-13-20-15(21-24-13)11-6-4-3-5-7-11/h3-7,9-10H,8H2,1-2H3,(H,19,23). The second-order valence-corrected chi connectivity index (χ2v) is 5.79. The number of aryl methyl sites for hydroxylation is 1. The molecule has 2 heterocycles. The van der Waals surface area contributed by atoms with E-state index in [9.17, 15) is 4.79 Å². The molecule has 1 amide bonds. The lowest BCUT2D eigenvalue weighted by atomic mass is 10.2. The van der Waals surface area contributed by atoms with Gasteiger partial charge in [0, 0.05) is 25.1 Å². The molecule has 1 unspecified atom stereocenters. The van der Waals surface area contributed by atoms with Crippen LogP contribution in [0.4, 0.5) is 0 Å². The van der Waals surface area contributed by atoms with Gasteiger partial charge in [-0.15, -0.1) is 0 Å². The molecular formula is C16H16ClN5O2. The van der Waals surface area contributed by atoms with Crippen LogP contribution >= 0.6 is 11.6 Å². The van der Waals surface area contributed by atoms with Gasteiger partial charge in [0.1, 0.15) is 5.15 Å².